The predicted octanol–water partition coefficient (Wildman–Crippen LogP) is 3.08. The fourth-order valence-corrected chi connectivity index (χ4v) is 4.20. The van der Waals surface area contributed by atoms with E-state index in [0.29, 0.717) is 17.1 Å². The van der Waals surface area contributed by atoms with Crippen molar-refractivity contribution in [1.82, 2.24) is 4.72 Å². The van der Waals surface area contributed by atoms with Gasteiger partial charge < -0.3 is 5.11 Å². The molecule has 0 spiro atoms. The Morgan fingerprint density at radius 3 is 2.57 bits per heavy atom. The average molecular weight is 332 g/mol. The van der Waals surface area contributed by atoms with Crippen molar-refractivity contribution in [1.29, 1.82) is 0 Å². The highest BCUT2D eigenvalue weighted by Gasteiger charge is 2.28. The zero-order valence-corrected chi connectivity index (χ0v) is 13.8. The second kappa shape index (κ2) is 6.65. The van der Waals surface area contributed by atoms with Crippen LogP contribution in [0.5, 0.6) is 0 Å². The molecule has 0 amide bonds. The first kappa shape index (κ1) is 16.7. The molecule has 1 aromatic rings. The van der Waals surface area contributed by atoms with Gasteiger partial charge in [0.2, 0.25) is 10.0 Å². The van der Waals surface area contributed by atoms with Crippen molar-refractivity contribution in [2.75, 3.05) is 6.54 Å². The highest BCUT2D eigenvalue weighted by molar-refractivity contribution is 7.89. The van der Waals surface area contributed by atoms with Gasteiger partial charge in [0.05, 0.1) is 11.5 Å². The van der Waals surface area contributed by atoms with E-state index < -0.39 is 10.0 Å². The van der Waals surface area contributed by atoms with E-state index in [1.165, 1.54) is 24.6 Å². The Hall–Kier alpha value is -0.620. The SMILES string of the molecule is CC1(CNS(=O)(=O)c2ccc(Cl)c(CO)c2)CCCCC1. The first-order valence-corrected chi connectivity index (χ1v) is 9.11. The van der Waals surface area contributed by atoms with Gasteiger partial charge >= 0.3 is 0 Å². The van der Waals surface area contributed by atoms with Crippen molar-refractivity contribution in [2.45, 2.75) is 50.5 Å². The van der Waals surface area contributed by atoms with Gasteiger partial charge in [-0.15, -0.1) is 0 Å². The molecule has 2 rings (SSSR count). The zero-order chi connectivity index (χ0) is 15.5. The van der Waals surface area contributed by atoms with Crippen LogP contribution >= 0.6 is 11.6 Å². The topological polar surface area (TPSA) is 66.4 Å². The second-order valence-corrected chi connectivity index (χ2v) is 8.28. The van der Waals surface area contributed by atoms with Gasteiger partial charge in [0, 0.05) is 11.6 Å². The molecule has 0 atom stereocenters. The Balaban J connectivity index is 2.11. The summed E-state index contributed by atoms with van der Waals surface area (Å²) in [6, 6.07) is 4.39. The molecule has 0 bridgehead atoms. The molecule has 118 valence electrons. The molecule has 1 aromatic carbocycles. The number of hydrogen-bond acceptors (Lipinski definition) is 3. The van der Waals surface area contributed by atoms with Crippen LogP contribution in [0, 0.1) is 5.41 Å². The second-order valence-electron chi connectivity index (χ2n) is 6.11. The lowest BCUT2D eigenvalue weighted by molar-refractivity contribution is 0.219. The lowest BCUT2D eigenvalue weighted by atomic mass is 9.76. The number of rotatable bonds is 5. The van der Waals surface area contributed by atoms with Crippen LogP contribution < -0.4 is 4.72 Å². The smallest absolute Gasteiger partial charge is 0.240 e. The summed E-state index contributed by atoms with van der Waals surface area (Å²) in [5.74, 6) is 0. The van der Waals surface area contributed by atoms with Crippen molar-refractivity contribution in [3.05, 3.63) is 28.8 Å². The van der Waals surface area contributed by atoms with E-state index in [1.54, 1.807) is 0 Å². The van der Waals surface area contributed by atoms with Crippen LogP contribution in [-0.4, -0.2) is 20.1 Å². The van der Waals surface area contributed by atoms with Crippen LogP contribution in [0.15, 0.2) is 23.1 Å². The van der Waals surface area contributed by atoms with Crippen LogP contribution in [0.1, 0.15) is 44.6 Å². The third-order valence-corrected chi connectivity index (χ3v) is 6.02. The molecule has 1 saturated carbocycles. The van der Waals surface area contributed by atoms with Crippen molar-refractivity contribution < 1.29 is 13.5 Å². The molecule has 0 unspecified atom stereocenters. The molecule has 0 aromatic heterocycles. The summed E-state index contributed by atoms with van der Waals surface area (Å²) in [6.45, 7) is 2.31. The molecule has 21 heavy (non-hydrogen) atoms. The fraction of sp³-hybridized carbons (Fsp3) is 0.600. The largest absolute Gasteiger partial charge is 0.392 e. The van der Waals surface area contributed by atoms with Crippen LogP contribution in [0.4, 0.5) is 0 Å². The van der Waals surface area contributed by atoms with Gasteiger partial charge in [0.15, 0.2) is 0 Å². The zero-order valence-electron chi connectivity index (χ0n) is 12.2. The number of nitrogens with one attached hydrogen (secondary N) is 1. The van der Waals surface area contributed by atoms with Gasteiger partial charge in [0.1, 0.15) is 0 Å². The van der Waals surface area contributed by atoms with Crippen molar-refractivity contribution >= 4 is 21.6 Å². The van der Waals surface area contributed by atoms with Crippen LogP contribution in [0.25, 0.3) is 0 Å². The molecular formula is C15H22ClNO3S. The highest BCUT2D eigenvalue weighted by atomic mass is 35.5. The van der Waals surface area contributed by atoms with Crippen LogP contribution in [-0.2, 0) is 16.6 Å². The number of aliphatic hydroxyl groups is 1. The van der Waals surface area contributed by atoms with E-state index in [-0.39, 0.29) is 16.9 Å². The minimum absolute atomic E-state index is 0.0392. The molecule has 0 aliphatic heterocycles. The maximum atomic E-state index is 12.4. The number of sulfonamides is 1. The first-order chi connectivity index (χ1) is 9.86. The number of benzene rings is 1. The Morgan fingerprint density at radius 2 is 1.95 bits per heavy atom. The van der Waals surface area contributed by atoms with Gasteiger partial charge in [-0.1, -0.05) is 37.8 Å². The predicted molar refractivity (Wildman–Crippen MR) is 83.8 cm³/mol. The molecule has 0 radical (unpaired) electrons. The minimum Gasteiger partial charge on any atom is -0.392 e. The Morgan fingerprint density at radius 1 is 1.29 bits per heavy atom. The van der Waals surface area contributed by atoms with E-state index in [1.807, 2.05) is 0 Å². The molecule has 1 aliphatic rings. The summed E-state index contributed by atoms with van der Waals surface area (Å²) in [4.78, 5) is 0.148. The number of hydrogen-bond donors (Lipinski definition) is 2. The van der Waals surface area contributed by atoms with E-state index in [0.717, 1.165) is 25.7 Å². The van der Waals surface area contributed by atoms with Gasteiger partial charge in [-0.2, -0.15) is 0 Å². The molecular weight excluding hydrogens is 310 g/mol. The van der Waals surface area contributed by atoms with Gasteiger partial charge in [0.25, 0.3) is 0 Å². The summed E-state index contributed by atoms with van der Waals surface area (Å²) in [5, 5.41) is 9.55. The van der Waals surface area contributed by atoms with E-state index >= 15 is 0 Å². The lowest BCUT2D eigenvalue weighted by Gasteiger charge is -2.33. The minimum atomic E-state index is -3.57. The summed E-state index contributed by atoms with van der Waals surface area (Å²) in [6.07, 6.45) is 5.66. The van der Waals surface area contributed by atoms with Gasteiger partial charge in [-0.05, 0) is 42.0 Å². The van der Waals surface area contributed by atoms with Crippen molar-refractivity contribution in [2.24, 2.45) is 5.41 Å². The first-order valence-electron chi connectivity index (χ1n) is 7.25. The molecule has 0 heterocycles. The molecule has 2 N–H and O–H groups in total. The van der Waals surface area contributed by atoms with Crippen molar-refractivity contribution in [3.63, 3.8) is 0 Å². The van der Waals surface area contributed by atoms with E-state index in [4.69, 9.17) is 11.6 Å². The summed E-state index contributed by atoms with van der Waals surface area (Å²) in [5.41, 5.74) is 0.459. The molecule has 4 nitrogen and oxygen atoms in total. The Labute approximate surface area is 131 Å². The lowest BCUT2D eigenvalue weighted by Crippen LogP contribution is -2.37. The molecule has 1 aliphatic carbocycles. The molecule has 0 saturated heterocycles. The maximum Gasteiger partial charge on any atom is 0.240 e. The van der Waals surface area contributed by atoms with Crippen LogP contribution in [0.2, 0.25) is 5.02 Å². The Bertz CT molecular complexity index is 595. The van der Waals surface area contributed by atoms with E-state index in [2.05, 4.69) is 11.6 Å². The third kappa shape index (κ3) is 4.19. The Kier molecular flexibility index (Phi) is 5.30. The third-order valence-electron chi connectivity index (χ3n) is 4.25. The molecule has 6 heteroatoms. The van der Waals surface area contributed by atoms with Crippen molar-refractivity contribution in [3.8, 4) is 0 Å². The average Bonchev–Trinajstić information content (AvgIpc) is 2.46. The fourth-order valence-electron chi connectivity index (χ4n) is 2.77. The van der Waals surface area contributed by atoms with Gasteiger partial charge in [-0.25, -0.2) is 13.1 Å². The monoisotopic (exact) mass is 331 g/mol. The highest BCUT2D eigenvalue weighted by Crippen LogP contribution is 2.35. The normalized spacial score (nSPS) is 18.6. The standard InChI is InChI=1S/C15H22ClNO3S/c1-15(7-3-2-4-8-15)11-17-21(19,20)13-5-6-14(16)12(9-13)10-18/h5-6,9,17-18H,2-4,7-8,10-11H2,1H3. The van der Waals surface area contributed by atoms with E-state index in [9.17, 15) is 13.5 Å². The maximum absolute atomic E-state index is 12.4. The molecule has 1 fully saturated rings. The summed E-state index contributed by atoms with van der Waals surface area (Å²) < 4.78 is 27.4. The quantitative estimate of drug-likeness (QED) is 0.871. The number of halogens is 1. The number of aliphatic hydroxyl groups excluding tert-OH is 1. The van der Waals surface area contributed by atoms with Gasteiger partial charge in [-0.3, -0.25) is 0 Å². The summed E-state index contributed by atoms with van der Waals surface area (Å²) >= 11 is 5.89. The summed E-state index contributed by atoms with van der Waals surface area (Å²) in [7, 11) is -3.57. The van der Waals surface area contributed by atoms with Crippen LogP contribution in [0.3, 0.4) is 0 Å².